The fourth-order valence-corrected chi connectivity index (χ4v) is 2.30. The number of nitrogens with one attached hydrogen (secondary N) is 1. The van der Waals surface area contributed by atoms with E-state index >= 15 is 0 Å². The number of aromatic amines is 1. The van der Waals surface area contributed by atoms with Gasteiger partial charge in [0.2, 0.25) is 0 Å². The van der Waals surface area contributed by atoms with Crippen LogP contribution in [-0.2, 0) is 10.1 Å². The van der Waals surface area contributed by atoms with Crippen molar-refractivity contribution < 1.29 is 13.0 Å². The lowest BCUT2D eigenvalue weighted by Gasteiger charge is -1.95. The third-order valence-electron chi connectivity index (χ3n) is 2.69. The fraction of sp³-hybridized carbons (Fsp3) is 0. The fourth-order valence-electron chi connectivity index (χ4n) is 1.79. The zero-order valence-electron chi connectivity index (χ0n) is 9.61. The normalized spacial score (nSPS) is 11.8. The van der Waals surface area contributed by atoms with Crippen LogP contribution in [0.25, 0.3) is 22.4 Å². The minimum absolute atomic E-state index is 0.165. The molecule has 1 aromatic carbocycles. The van der Waals surface area contributed by atoms with Crippen LogP contribution in [0, 0.1) is 0 Å². The first-order valence-electron chi connectivity index (χ1n) is 5.42. The van der Waals surface area contributed by atoms with Gasteiger partial charge in [-0.2, -0.15) is 8.42 Å². The summed E-state index contributed by atoms with van der Waals surface area (Å²) in [6, 6.07) is 7.82. The Bertz CT molecular complexity index is 841. The van der Waals surface area contributed by atoms with E-state index in [0.29, 0.717) is 16.9 Å². The van der Waals surface area contributed by atoms with Gasteiger partial charge in [0.05, 0.1) is 15.9 Å². The predicted octanol–water partition coefficient (Wildman–Crippen LogP) is 1.87. The first kappa shape index (κ1) is 11.8. The Morgan fingerprint density at radius 2 is 2.05 bits per heavy atom. The molecule has 3 aromatic rings. The number of pyridine rings is 1. The predicted molar refractivity (Wildman–Crippen MR) is 69.1 cm³/mol. The van der Waals surface area contributed by atoms with Crippen LogP contribution in [0.5, 0.6) is 0 Å². The van der Waals surface area contributed by atoms with E-state index in [1.807, 2.05) is 6.07 Å². The van der Waals surface area contributed by atoms with Crippen LogP contribution < -0.4 is 0 Å². The van der Waals surface area contributed by atoms with Gasteiger partial charge in [-0.1, -0.05) is 0 Å². The maximum absolute atomic E-state index is 11.1. The molecule has 0 aliphatic rings. The topological polar surface area (TPSA) is 95.9 Å². The van der Waals surface area contributed by atoms with E-state index in [4.69, 9.17) is 4.55 Å². The summed E-state index contributed by atoms with van der Waals surface area (Å²) in [6.45, 7) is 0. The maximum Gasteiger partial charge on any atom is 0.294 e. The van der Waals surface area contributed by atoms with Crippen molar-refractivity contribution in [3.63, 3.8) is 0 Å². The van der Waals surface area contributed by atoms with Crippen molar-refractivity contribution in [3.8, 4) is 11.4 Å². The van der Waals surface area contributed by atoms with Crippen LogP contribution in [0.2, 0.25) is 0 Å². The lowest BCUT2D eigenvalue weighted by Crippen LogP contribution is -1.97. The SMILES string of the molecule is O=S(=O)(O)c1ccc2nc(-c3cccnc3)[nH]c2c1. The van der Waals surface area contributed by atoms with Crippen molar-refractivity contribution in [1.29, 1.82) is 0 Å². The van der Waals surface area contributed by atoms with Crippen LogP contribution in [0.4, 0.5) is 0 Å². The molecule has 0 aliphatic carbocycles. The summed E-state index contributed by atoms with van der Waals surface area (Å²) in [4.78, 5) is 11.2. The molecule has 0 saturated carbocycles. The standard InChI is InChI=1S/C12H9N3O3S/c16-19(17,18)9-3-4-10-11(6-9)15-12(14-10)8-2-1-5-13-7-8/h1-7H,(H,14,15)(H,16,17,18). The highest BCUT2D eigenvalue weighted by Gasteiger charge is 2.12. The Labute approximate surface area is 108 Å². The molecule has 0 aliphatic heterocycles. The highest BCUT2D eigenvalue weighted by molar-refractivity contribution is 7.85. The van der Waals surface area contributed by atoms with Gasteiger partial charge in [-0.25, -0.2) is 4.98 Å². The van der Waals surface area contributed by atoms with Gasteiger partial charge >= 0.3 is 0 Å². The minimum Gasteiger partial charge on any atom is -0.338 e. The number of benzene rings is 1. The lowest BCUT2D eigenvalue weighted by atomic mass is 10.3. The number of rotatable bonds is 2. The molecule has 0 atom stereocenters. The van der Waals surface area contributed by atoms with Crippen molar-refractivity contribution in [2.75, 3.05) is 0 Å². The molecular formula is C12H9N3O3S. The van der Waals surface area contributed by atoms with Gasteiger partial charge in [0.15, 0.2) is 0 Å². The second kappa shape index (κ2) is 4.15. The summed E-state index contributed by atoms with van der Waals surface area (Å²) in [6.07, 6.45) is 3.31. The van der Waals surface area contributed by atoms with Gasteiger partial charge in [-0.3, -0.25) is 9.54 Å². The second-order valence-electron chi connectivity index (χ2n) is 3.98. The molecule has 0 radical (unpaired) electrons. The van der Waals surface area contributed by atoms with E-state index in [2.05, 4.69) is 15.0 Å². The van der Waals surface area contributed by atoms with E-state index in [1.54, 1.807) is 18.5 Å². The molecule has 7 heteroatoms. The minimum atomic E-state index is -4.21. The van der Waals surface area contributed by atoms with Gasteiger partial charge in [0.1, 0.15) is 5.82 Å². The van der Waals surface area contributed by atoms with E-state index < -0.39 is 10.1 Å². The molecule has 19 heavy (non-hydrogen) atoms. The molecule has 0 saturated heterocycles. The third kappa shape index (κ3) is 2.20. The maximum atomic E-state index is 11.1. The summed E-state index contributed by atoms with van der Waals surface area (Å²) < 4.78 is 31.1. The van der Waals surface area contributed by atoms with Crippen molar-refractivity contribution in [1.82, 2.24) is 15.0 Å². The second-order valence-corrected chi connectivity index (χ2v) is 5.40. The highest BCUT2D eigenvalue weighted by atomic mass is 32.2. The lowest BCUT2D eigenvalue weighted by molar-refractivity contribution is 0.483. The van der Waals surface area contributed by atoms with E-state index in [-0.39, 0.29) is 4.90 Å². The summed E-state index contributed by atoms with van der Waals surface area (Å²) in [5, 5.41) is 0. The quantitative estimate of drug-likeness (QED) is 0.696. The Morgan fingerprint density at radius 3 is 2.74 bits per heavy atom. The summed E-state index contributed by atoms with van der Waals surface area (Å²) in [5.74, 6) is 0.593. The van der Waals surface area contributed by atoms with E-state index in [0.717, 1.165) is 5.56 Å². The molecule has 0 spiro atoms. The molecule has 2 N–H and O–H groups in total. The highest BCUT2D eigenvalue weighted by Crippen LogP contribution is 2.21. The molecule has 6 nitrogen and oxygen atoms in total. The molecule has 96 valence electrons. The van der Waals surface area contributed by atoms with Crippen LogP contribution in [0.3, 0.4) is 0 Å². The van der Waals surface area contributed by atoms with Gasteiger partial charge in [-0.15, -0.1) is 0 Å². The van der Waals surface area contributed by atoms with Crippen molar-refractivity contribution in [3.05, 3.63) is 42.7 Å². The number of nitrogens with zero attached hydrogens (tertiary/aromatic N) is 2. The Kier molecular flexibility index (Phi) is 2.58. The number of aromatic nitrogens is 3. The smallest absolute Gasteiger partial charge is 0.294 e. The molecule has 0 unspecified atom stereocenters. The summed E-state index contributed by atoms with van der Waals surface area (Å²) >= 11 is 0. The zero-order valence-corrected chi connectivity index (χ0v) is 10.4. The molecule has 2 aromatic heterocycles. The molecule has 2 heterocycles. The molecular weight excluding hydrogens is 266 g/mol. The monoisotopic (exact) mass is 275 g/mol. The van der Waals surface area contributed by atoms with Gasteiger partial charge in [0.25, 0.3) is 10.1 Å². The number of hydrogen-bond donors (Lipinski definition) is 2. The molecule has 0 bridgehead atoms. The Morgan fingerprint density at radius 1 is 1.21 bits per heavy atom. The van der Waals surface area contributed by atoms with E-state index in [9.17, 15) is 8.42 Å². The number of H-pyrrole nitrogens is 1. The van der Waals surface area contributed by atoms with Gasteiger partial charge in [-0.05, 0) is 30.3 Å². The largest absolute Gasteiger partial charge is 0.338 e. The average Bonchev–Trinajstić information content (AvgIpc) is 2.81. The third-order valence-corrected chi connectivity index (χ3v) is 3.54. The van der Waals surface area contributed by atoms with Crippen molar-refractivity contribution in [2.45, 2.75) is 4.90 Å². The van der Waals surface area contributed by atoms with Gasteiger partial charge < -0.3 is 4.98 Å². The Hall–Kier alpha value is -2.25. The van der Waals surface area contributed by atoms with Crippen LogP contribution in [0.15, 0.2) is 47.6 Å². The zero-order chi connectivity index (χ0) is 13.5. The summed E-state index contributed by atoms with van der Waals surface area (Å²) in [5.41, 5.74) is 1.95. The van der Waals surface area contributed by atoms with Crippen LogP contribution in [-0.4, -0.2) is 27.9 Å². The van der Waals surface area contributed by atoms with Crippen molar-refractivity contribution in [2.24, 2.45) is 0 Å². The molecule has 0 fully saturated rings. The number of hydrogen-bond acceptors (Lipinski definition) is 4. The number of imidazole rings is 1. The first-order chi connectivity index (χ1) is 9.04. The average molecular weight is 275 g/mol. The van der Waals surface area contributed by atoms with Crippen molar-refractivity contribution >= 4 is 21.2 Å². The van der Waals surface area contributed by atoms with E-state index in [1.165, 1.54) is 18.2 Å². The summed E-state index contributed by atoms with van der Waals surface area (Å²) in [7, 11) is -4.21. The van der Waals surface area contributed by atoms with Crippen LogP contribution in [0.1, 0.15) is 0 Å². The van der Waals surface area contributed by atoms with Gasteiger partial charge in [0, 0.05) is 18.0 Å². The molecule has 3 rings (SSSR count). The first-order valence-corrected chi connectivity index (χ1v) is 6.86. The number of fused-ring (bicyclic) bond motifs is 1. The molecule has 0 amide bonds. The Balaban J connectivity index is 2.17. The van der Waals surface area contributed by atoms with Crippen LogP contribution >= 0.6 is 0 Å².